The van der Waals surface area contributed by atoms with E-state index in [-0.39, 0.29) is 30.2 Å². The third-order valence-electron chi connectivity index (χ3n) is 4.47. The van der Waals surface area contributed by atoms with Gasteiger partial charge < -0.3 is 15.0 Å². The van der Waals surface area contributed by atoms with E-state index in [2.05, 4.69) is 24.3 Å². The van der Waals surface area contributed by atoms with Gasteiger partial charge in [-0.1, -0.05) is 0 Å². The lowest BCUT2D eigenvalue weighted by molar-refractivity contribution is -0.128. The molecule has 1 aromatic heterocycles. The van der Waals surface area contributed by atoms with E-state index in [0.29, 0.717) is 25.4 Å². The van der Waals surface area contributed by atoms with Crippen molar-refractivity contribution < 1.29 is 14.3 Å². The highest BCUT2D eigenvalue weighted by Gasteiger charge is 2.34. The Kier molecular flexibility index (Phi) is 5.03. The Hall–Kier alpha value is -2.41. The molecule has 3 rings (SSSR count). The maximum atomic E-state index is 12.5. The Bertz CT molecular complexity index is 784. The van der Waals surface area contributed by atoms with Crippen molar-refractivity contribution >= 4 is 28.4 Å². The van der Waals surface area contributed by atoms with E-state index in [1.807, 2.05) is 29.1 Å². The Balaban J connectivity index is 1.66. The normalized spacial score (nSPS) is 17.7. The summed E-state index contributed by atoms with van der Waals surface area (Å²) in [6, 6.07) is 5.96. The molecule has 2 amide bonds. The summed E-state index contributed by atoms with van der Waals surface area (Å²) in [6.07, 6.45) is 2.24. The molecular weight excluding hydrogens is 320 g/mol. The molecule has 1 aliphatic heterocycles. The lowest BCUT2D eigenvalue weighted by Crippen LogP contribution is -2.30. The highest BCUT2D eigenvalue weighted by molar-refractivity contribution is 5.98. The molecule has 1 atom stereocenters. The lowest BCUT2D eigenvalue weighted by atomic mass is 10.1. The zero-order chi connectivity index (χ0) is 18.0. The molecule has 7 nitrogen and oxygen atoms in total. The fourth-order valence-electron chi connectivity index (χ4n) is 2.99. The lowest BCUT2D eigenvalue weighted by Gasteiger charge is -2.15. The monoisotopic (exact) mass is 344 g/mol. The maximum Gasteiger partial charge on any atom is 0.229 e. The quantitative estimate of drug-likeness (QED) is 0.870. The van der Waals surface area contributed by atoms with Crippen LogP contribution in [0, 0.1) is 5.92 Å². The Morgan fingerprint density at radius 3 is 2.96 bits per heavy atom. The molecule has 1 aliphatic rings. The molecule has 134 valence electrons. The minimum Gasteiger partial charge on any atom is -0.383 e. The molecule has 1 saturated heterocycles. The van der Waals surface area contributed by atoms with Gasteiger partial charge in [-0.25, -0.2) is 0 Å². The first kappa shape index (κ1) is 17.4. The molecule has 7 heteroatoms. The van der Waals surface area contributed by atoms with E-state index in [1.165, 1.54) is 0 Å². The van der Waals surface area contributed by atoms with Crippen LogP contribution in [0.3, 0.4) is 0 Å². The summed E-state index contributed by atoms with van der Waals surface area (Å²) in [4.78, 5) is 26.1. The van der Waals surface area contributed by atoms with Crippen LogP contribution in [0.1, 0.15) is 26.3 Å². The zero-order valence-electron chi connectivity index (χ0n) is 14.9. The number of carbonyl (C=O) groups excluding carboxylic acids is 2. The van der Waals surface area contributed by atoms with Crippen LogP contribution in [0.2, 0.25) is 0 Å². The van der Waals surface area contributed by atoms with Gasteiger partial charge in [0.05, 0.1) is 18.0 Å². The van der Waals surface area contributed by atoms with Crippen LogP contribution < -0.4 is 5.32 Å². The van der Waals surface area contributed by atoms with E-state index in [1.54, 1.807) is 12.0 Å². The standard InChI is InChI=1S/C18H24N4O3/c1-12(2)22-11-13-4-5-15(9-16(13)20-22)19-18(24)14-8-17(23)21(10-14)6-7-25-3/h4-5,9,11-12,14H,6-8,10H2,1-3H3,(H,19,24)/t14-/m1/s1. The van der Waals surface area contributed by atoms with Gasteiger partial charge in [0.1, 0.15) is 0 Å². The van der Waals surface area contributed by atoms with Crippen LogP contribution in [0.4, 0.5) is 5.69 Å². The predicted molar refractivity (Wildman–Crippen MR) is 95.3 cm³/mol. The van der Waals surface area contributed by atoms with Crippen molar-refractivity contribution in [2.24, 2.45) is 5.92 Å². The summed E-state index contributed by atoms with van der Waals surface area (Å²) < 4.78 is 6.90. The van der Waals surface area contributed by atoms with Gasteiger partial charge >= 0.3 is 0 Å². The topological polar surface area (TPSA) is 76.5 Å². The maximum absolute atomic E-state index is 12.5. The molecule has 1 aromatic carbocycles. The predicted octanol–water partition coefficient (Wildman–Crippen LogP) is 2.05. The first-order valence-electron chi connectivity index (χ1n) is 8.54. The number of anilines is 1. The Labute approximate surface area is 146 Å². The molecule has 1 N–H and O–H groups in total. The van der Waals surface area contributed by atoms with Gasteiger partial charge in [-0.15, -0.1) is 0 Å². The minimum absolute atomic E-state index is 0.00308. The number of benzene rings is 1. The smallest absolute Gasteiger partial charge is 0.229 e. The zero-order valence-corrected chi connectivity index (χ0v) is 14.9. The van der Waals surface area contributed by atoms with Crippen molar-refractivity contribution in [1.29, 1.82) is 0 Å². The molecule has 2 heterocycles. The molecule has 0 unspecified atom stereocenters. The van der Waals surface area contributed by atoms with Crippen molar-refractivity contribution in [1.82, 2.24) is 14.7 Å². The average Bonchev–Trinajstić information content (AvgIpc) is 3.16. The van der Waals surface area contributed by atoms with Crippen LogP contribution in [-0.2, 0) is 14.3 Å². The van der Waals surface area contributed by atoms with E-state index in [0.717, 1.165) is 10.9 Å². The number of nitrogens with one attached hydrogen (secondary N) is 1. The van der Waals surface area contributed by atoms with Gasteiger partial charge in [-0.2, -0.15) is 5.10 Å². The minimum atomic E-state index is -0.326. The number of hydrogen-bond donors (Lipinski definition) is 1. The number of carbonyl (C=O) groups is 2. The Morgan fingerprint density at radius 1 is 1.44 bits per heavy atom. The number of nitrogens with zero attached hydrogens (tertiary/aromatic N) is 3. The van der Waals surface area contributed by atoms with Crippen LogP contribution in [0.15, 0.2) is 24.4 Å². The van der Waals surface area contributed by atoms with Gasteiger partial charge in [0.2, 0.25) is 11.8 Å². The molecule has 0 radical (unpaired) electrons. The summed E-state index contributed by atoms with van der Waals surface area (Å²) in [5.74, 6) is -0.451. The van der Waals surface area contributed by atoms with Gasteiger partial charge in [0.15, 0.2) is 0 Å². The van der Waals surface area contributed by atoms with E-state index < -0.39 is 0 Å². The first-order chi connectivity index (χ1) is 12.0. The second-order valence-electron chi connectivity index (χ2n) is 6.70. The van der Waals surface area contributed by atoms with E-state index in [4.69, 9.17) is 4.74 Å². The number of rotatable bonds is 6. The molecule has 0 bridgehead atoms. The number of methoxy groups -OCH3 is 1. The largest absolute Gasteiger partial charge is 0.383 e. The molecule has 25 heavy (non-hydrogen) atoms. The highest BCUT2D eigenvalue weighted by atomic mass is 16.5. The Morgan fingerprint density at radius 2 is 2.24 bits per heavy atom. The van der Waals surface area contributed by atoms with Crippen molar-refractivity contribution in [2.45, 2.75) is 26.3 Å². The number of fused-ring (bicyclic) bond motifs is 1. The van der Waals surface area contributed by atoms with Crippen LogP contribution in [-0.4, -0.2) is 53.3 Å². The van der Waals surface area contributed by atoms with E-state index >= 15 is 0 Å². The summed E-state index contributed by atoms with van der Waals surface area (Å²) in [5, 5.41) is 8.47. The molecule has 0 aliphatic carbocycles. The number of aromatic nitrogens is 2. The molecule has 1 fully saturated rings. The second kappa shape index (κ2) is 7.23. The molecular formula is C18H24N4O3. The summed E-state index contributed by atoms with van der Waals surface area (Å²) in [5.41, 5.74) is 1.55. The summed E-state index contributed by atoms with van der Waals surface area (Å²) in [6.45, 7) is 5.59. The van der Waals surface area contributed by atoms with Crippen molar-refractivity contribution in [2.75, 3.05) is 32.1 Å². The summed E-state index contributed by atoms with van der Waals surface area (Å²) >= 11 is 0. The molecule has 2 aromatic rings. The van der Waals surface area contributed by atoms with Crippen LogP contribution >= 0.6 is 0 Å². The first-order valence-corrected chi connectivity index (χ1v) is 8.54. The number of likely N-dealkylation sites (tertiary alicyclic amines) is 1. The fourth-order valence-corrected chi connectivity index (χ4v) is 2.99. The van der Waals surface area contributed by atoms with Gasteiger partial charge in [0, 0.05) is 49.9 Å². The SMILES string of the molecule is COCCN1C[C@H](C(=O)Nc2ccc3cn(C(C)C)nc3c2)CC1=O. The van der Waals surface area contributed by atoms with Gasteiger partial charge in [0.25, 0.3) is 0 Å². The fraction of sp³-hybridized carbons (Fsp3) is 0.500. The third-order valence-corrected chi connectivity index (χ3v) is 4.47. The van der Waals surface area contributed by atoms with Crippen molar-refractivity contribution in [3.05, 3.63) is 24.4 Å². The third kappa shape index (κ3) is 3.82. The van der Waals surface area contributed by atoms with Gasteiger partial charge in [-0.05, 0) is 32.0 Å². The van der Waals surface area contributed by atoms with Crippen molar-refractivity contribution in [3.8, 4) is 0 Å². The number of amides is 2. The summed E-state index contributed by atoms with van der Waals surface area (Å²) in [7, 11) is 1.60. The molecule has 0 saturated carbocycles. The van der Waals surface area contributed by atoms with Crippen molar-refractivity contribution in [3.63, 3.8) is 0 Å². The van der Waals surface area contributed by atoms with Crippen LogP contribution in [0.5, 0.6) is 0 Å². The van der Waals surface area contributed by atoms with E-state index in [9.17, 15) is 9.59 Å². The number of ether oxygens (including phenoxy) is 1. The second-order valence-corrected chi connectivity index (χ2v) is 6.70. The molecule has 0 spiro atoms. The number of hydrogen-bond acceptors (Lipinski definition) is 4. The average molecular weight is 344 g/mol. The highest BCUT2D eigenvalue weighted by Crippen LogP contribution is 2.22. The van der Waals surface area contributed by atoms with Crippen LogP contribution in [0.25, 0.3) is 10.9 Å². The van der Waals surface area contributed by atoms with Gasteiger partial charge in [-0.3, -0.25) is 14.3 Å².